The first-order valence-electron chi connectivity index (χ1n) is 6.73. The molecular formula is C14H15N3O5. The van der Waals surface area contributed by atoms with Crippen molar-refractivity contribution in [2.45, 2.75) is 19.8 Å². The number of aromatic amines is 1. The van der Waals surface area contributed by atoms with Crippen molar-refractivity contribution in [1.82, 2.24) is 10.3 Å². The first-order chi connectivity index (χ1) is 10.4. The molecule has 8 nitrogen and oxygen atoms in total. The fourth-order valence-electron chi connectivity index (χ4n) is 2.24. The summed E-state index contributed by atoms with van der Waals surface area (Å²) in [7, 11) is 0. The van der Waals surface area contributed by atoms with Crippen molar-refractivity contribution in [3.05, 3.63) is 39.6 Å². The van der Waals surface area contributed by atoms with Gasteiger partial charge in [0, 0.05) is 36.0 Å². The second-order valence-corrected chi connectivity index (χ2v) is 4.72. The molecule has 2 aromatic rings. The van der Waals surface area contributed by atoms with E-state index in [0.29, 0.717) is 22.9 Å². The van der Waals surface area contributed by atoms with Crippen LogP contribution in [0.1, 0.15) is 29.4 Å². The van der Waals surface area contributed by atoms with Gasteiger partial charge in [0.15, 0.2) is 0 Å². The van der Waals surface area contributed by atoms with Gasteiger partial charge >= 0.3 is 5.97 Å². The maximum Gasteiger partial charge on any atom is 0.352 e. The lowest BCUT2D eigenvalue weighted by atomic mass is 10.1. The van der Waals surface area contributed by atoms with Crippen LogP contribution in [0, 0.1) is 10.1 Å². The highest BCUT2D eigenvalue weighted by molar-refractivity contribution is 5.98. The highest BCUT2D eigenvalue weighted by atomic mass is 16.6. The quantitative estimate of drug-likeness (QED) is 0.554. The minimum Gasteiger partial charge on any atom is -0.477 e. The second-order valence-electron chi connectivity index (χ2n) is 4.72. The molecule has 0 atom stereocenters. The van der Waals surface area contributed by atoms with Gasteiger partial charge in [0.2, 0.25) is 5.91 Å². The molecule has 0 aliphatic carbocycles. The van der Waals surface area contributed by atoms with E-state index in [4.69, 9.17) is 0 Å². The first kappa shape index (κ1) is 15.5. The summed E-state index contributed by atoms with van der Waals surface area (Å²) in [4.78, 5) is 35.6. The Balaban J connectivity index is 2.40. The molecule has 8 heteroatoms. The molecule has 0 aliphatic rings. The predicted octanol–water partition coefficient (Wildman–Crippen LogP) is 1.84. The summed E-state index contributed by atoms with van der Waals surface area (Å²) in [5.74, 6) is -1.28. The minimum absolute atomic E-state index is 0.0127. The molecule has 22 heavy (non-hydrogen) atoms. The summed E-state index contributed by atoms with van der Waals surface area (Å²) >= 11 is 0. The second kappa shape index (κ2) is 6.25. The van der Waals surface area contributed by atoms with Gasteiger partial charge in [-0.2, -0.15) is 0 Å². The van der Waals surface area contributed by atoms with Gasteiger partial charge in [0.1, 0.15) is 5.69 Å². The van der Waals surface area contributed by atoms with E-state index < -0.39 is 10.9 Å². The van der Waals surface area contributed by atoms with Crippen molar-refractivity contribution < 1.29 is 19.6 Å². The van der Waals surface area contributed by atoms with Crippen LogP contribution >= 0.6 is 0 Å². The van der Waals surface area contributed by atoms with Gasteiger partial charge in [-0.1, -0.05) is 6.92 Å². The van der Waals surface area contributed by atoms with E-state index >= 15 is 0 Å². The Hall–Kier alpha value is -2.90. The maximum absolute atomic E-state index is 11.3. The Morgan fingerprint density at radius 1 is 1.41 bits per heavy atom. The molecule has 0 aliphatic heterocycles. The number of rotatable bonds is 6. The highest BCUT2D eigenvalue weighted by Crippen LogP contribution is 2.27. The van der Waals surface area contributed by atoms with Gasteiger partial charge < -0.3 is 15.4 Å². The number of carbonyl (C=O) groups is 2. The SMILES string of the molecule is CCC(=O)NCCc1c(C(=O)O)[nH]c2ccc([N+](=O)[O-])cc12. The summed E-state index contributed by atoms with van der Waals surface area (Å²) in [6.45, 7) is 1.98. The zero-order valence-electron chi connectivity index (χ0n) is 11.9. The Morgan fingerprint density at radius 2 is 2.14 bits per heavy atom. The highest BCUT2D eigenvalue weighted by Gasteiger charge is 2.19. The Labute approximate surface area is 125 Å². The number of non-ortho nitro benzene ring substituents is 1. The molecule has 0 bridgehead atoms. The van der Waals surface area contributed by atoms with E-state index in [1.807, 2.05) is 0 Å². The van der Waals surface area contributed by atoms with Crippen molar-refractivity contribution >= 4 is 28.5 Å². The number of nitrogens with zero attached hydrogens (tertiary/aromatic N) is 1. The van der Waals surface area contributed by atoms with Crippen LogP contribution in [-0.4, -0.2) is 33.4 Å². The number of nitrogens with one attached hydrogen (secondary N) is 2. The zero-order chi connectivity index (χ0) is 16.3. The summed E-state index contributed by atoms with van der Waals surface area (Å²) in [6, 6.07) is 4.14. The zero-order valence-corrected chi connectivity index (χ0v) is 11.9. The van der Waals surface area contributed by atoms with Gasteiger partial charge in [0.25, 0.3) is 5.69 Å². The third kappa shape index (κ3) is 3.05. The predicted molar refractivity (Wildman–Crippen MR) is 78.9 cm³/mol. The average molecular weight is 305 g/mol. The molecule has 0 spiro atoms. The Bertz CT molecular complexity index is 750. The number of nitro groups is 1. The summed E-state index contributed by atoms with van der Waals surface area (Å²) in [6.07, 6.45) is 0.611. The number of carboxylic acid groups (broad SMARTS) is 1. The molecule has 0 saturated heterocycles. The van der Waals surface area contributed by atoms with Crippen molar-refractivity contribution in [1.29, 1.82) is 0 Å². The van der Waals surface area contributed by atoms with Crippen molar-refractivity contribution in [3.8, 4) is 0 Å². The lowest BCUT2D eigenvalue weighted by Gasteiger charge is -2.04. The molecule has 1 aromatic heterocycles. The van der Waals surface area contributed by atoms with Crippen LogP contribution in [0.4, 0.5) is 5.69 Å². The fourth-order valence-corrected chi connectivity index (χ4v) is 2.24. The third-order valence-corrected chi connectivity index (χ3v) is 3.33. The number of hydrogen-bond donors (Lipinski definition) is 3. The van der Waals surface area contributed by atoms with Gasteiger partial charge in [-0.15, -0.1) is 0 Å². The topological polar surface area (TPSA) is 125 Å². The molecule has 1 aromatic carbocycles. The number of aromatic carboxylic acids is 1. The number of hydrogen-bond acceptors (Lipinski definition) is 4. The molecule has 1 amide bonds. The van der Waals surface area contributed by atoms with Crippen molar-refractivity contribution in [2.75, 3.05) is 6.54 Å². The normalized spacial score (nSPS) is 10.6. The molecular weight excluding hydrogens is 290 g/mol. The van der Waals surface area contributed by atoms with E-state index in [1.165, 1.54) is 18.2 Å². The first-order valence-corrected chi connectivity index (χ1v) is 6.73. The van der Waals surface area contributed by atoms with Crippen LogP contribution in [0.25, 0.3) is 10.9 Å². The summed E-state index contributed by atoms with van der Waals surface area (Å²) in [5, 5.41) is 23.3. The van der Waals surface area contributed by atoms with Crippen LogP contribution in [-0.2, 0) is 11.2 Å². The molecule has 116 valence electrons. The fraction of sp³-hybridized carbons (Fsp3) is 0.286. The lowest BCUT2D eigenvalue weighted by Crippen LogP contribution is -2.24. The number of nitro benzene ring substituents is 1. The van der Waals surface area contributed by atoms with E-state index in [1.54, 1.807) is 6.92 Å². The summed E-state index contributed by atoms with van der Waals surface area (Å²) < 4.78 is 0. The molecule has 0 unspecified atom stereocenters. The van der Waals surface area contributed by atoms with E-state index in [-0.39, 0.29) is 30.3 Å². The van der Waals surface area contributed by atoms with E-state index in [9.17, 15) is 24.8 Å². The van der Waals surface area contributed by atoms with Crippen LogP contribution in [0.2, 0.25) is 0 Å². The minimum atomic E-state index is -1.14. The summed E-state index contributed by atoms with van der Waals surface area (Å²) in [5.41, 5.74) is 0.839. The van der Waals surface area contributed by atoms with Crippen LogP contribution < -0.4 is 5.32 Å². The van der Waals surface area contributed by atoms with Crippen LogP contribution in [0.5, 0.6) is 0 Å². The lowest BCUT2D eigenvalue weighted by molar-refractivity contribution is -0.384. The Morgan fingerprint density at radius 3 is 2.73 bits per heavy atom. The van der Waals surface area contributed by atoms with Crippen molar-refractivity contribution in [3.63, 3.8) is 0 Å². The third-order valence-electron chi connectivity index (χ3n) is 3.33. The number of fused-ring (bicyclic) bond motifs is 1. The number of carboxylic acids is 1. The molecule has 3 N–H and O–H groups in total. The van der Waals surface area contributed by atoms with Crippen molar-refractivity contribution in [2.24, 2.45) is 0 Å². The van der Waals surface area contributed by atoms with Gasteiger partial charge in [0.05, 0.1) is 4.92 Å². The van der Waals surface area contributed by atoms with Gasteiger partial charge in [-0.3, -0.25) is 14.9 Å². The number of H-pyrrole nitrogens is 1. The smallest absolute Gasteiger partial charge is 0.352 e. The number of carbonyl (C=O) groups excluding carboxylic acids is 1. The Kier molecular flexibility index (Phi) is 4.40. The molecule has 0 fully saturated rings. The molecule has 0 saturated carbocycles. The molecule has 0 radical (unpaired) electrons. The largest absolute Gasteiger partial charge is 0.477 e. The van der Waals surface area contributed by atoms with Gasteiger partial charge in [-0.05, 0) is 18.1 Å². The number of benzene rings is 1. The average Bonchev–Trinajstić information content (AvgIpc) is 2.85. The van der Waals surface area contributed by atoms with Crippen LogP contribution in [0.3, 0.4) is 0 Å². The van der Waals surface area contributed by atoms with Gasteiger partial charge in [-0.25, -0.2) is 4.79 Å². The maximum atomic E-state index is 11.3. The van der Waals surface area contributed by atoms with Crippen LogP contribution in [0.15, 0.2) is 18.2 Å². The molecule has 2 rings (SSSR count). The molecule has 1 heterocycles. The standard InChI is InChI=1S/C14H15N3O5/c1-2-12(18)15-6-5-9-10-7-8(17(21)22)3-4-11(10)16-13(9)14(19)20/h3-4,7,16H,2,5-6H2,1H3,(H,15,18)(H,19,20). The monoisotopic (exact) mass is 305 g/mol. The van der Waals surface area contributed by atoms with E-state index in [0.717, 1.165) is 0 Å². The number of aromatic nitrogens is 1. The van der Waals surface area contributed by atoms with E-state index in [2.05, 4.69) is 10.3 Å². The number of amides is 1.